The summed E-state index contributed by atoms with van der Waals surface area (Å²) in [5.74, 6) is 1.14. The van der Waals surface area contributed by atoms with E-state index in [9.17, 15) is 9.59 Å². The van der Waals surface area contributed by atoms with Crippen molar-refractivity contribution in [2.45, 2.75) is 45.1 Å². The van der Waals surface area contributed by atoms with Crippen LogP contribution in [-0.4, -0.2) is 51.2 Å². The zero-order valence-corrected chi connectivity index (χ0v) is 16.5. The Morgan fingerprint density at radius 2 is 1.93 bits per heavy atom. The van der Waals surface area contributed by atoms with Crippen molar-refractivity contribution in [2.75, 3.05) is 19.6 Å². The van der Waals surface area contributed by atoms with Crippen molar-refractivity contribution in [3.05, 3.63) is 59.2 Å². The number of rotatable bonds is 3. The Balaban J connectivity index is 1.43. The van der Waals surface area contributed by atoms with Gasteiger partial charge in [-0.25, -0.2) is 9.97 Å². The molecule has 6 nitrogen and oxygen atoms in total. The van der Waals surface area contributed by atoms with Crippen molar-refractivity contribution < 1.29 is 9.59 Å². The first-order valence-corrected chi connectivity index (χ1v) is 9.97. The maximum atomic E-state index is 12.9. The highest BCUT2D eigenvalue weighted by molar-refractivity contribution is 5.83. The summed E-state index contributed by atoms with van der Waals surface area (Å²) in [6.07, 6.45) is 3.53. The van der Waals surface area contributed by atoms with Crippen molar-refractivity contribution in [1.29, 1.82) is 0 Å². The van der Waals surface area contributed by atoms with E-state index < -0.39 is 0 Å². The molecule has 4 rings (SSSR count). The van der Waals surface area contributed by atoms with Gasteiger partial charge in [0.2, 0.25) is 11.8 Å². The van der Waals surface area contributed by atoms with Crippen molar-refractivity contribution in [1.82, 2.24) is 19.8 Å². The van der Waals surface area contributed by atoms with E-state index in [0.29, 0.717) is 19.6 Å². The van der Waals surface area contributed by atoms with Crippen LogP contribution in [0, 0.1) is 0 Å². The third-order valence-corrected chi connectivity index (χ3v) is 5.93. The van der Waals surface area contributed by atoms with Gasteiger partial charge in [-0.2, -0.15) is 0 Å². The van der Waals surface area contributed by atoms with Gasteiger partial charge >= 0.3 is 0 Å². The SMILES string of the molecule is CC(=O)N1CCc2nc([C@H]3CCN(C(=O)[C@H](C)c4ccccc4)C3)ncc2C1. The predicted molar refractivity (Wildman–Crippen MR) is 106 cm³/mol. The number of hydrogen-bond donors (Lipinski definition) is 0. The maximum Gasteiger partial charge on any atom is 0.229 e. The van der Waals surface area contributed by atoms with E-state index in [1.165, 1.54) is 0 Å². The van der Waals surface area contributed by atoms with E-state index in [-0.39, 0.29) is 23.7 Å². The summed E-state index contributed by atoms with van der Waals surface area (Å²) < 4.78 is 0. The Labute approximate surface area is 165 Å². The number of hydrogen-bond acceptors (Lipinski definition) is 4. The Morgan fingerprint density at radius 3 is 2.68 bits per heavy atom. The number of likely N-dealkylation sites (tertiary alicyclic amines) is 1. The third kappa shape index (κ3) is 3.63. The summed E-state index contributed by atoms with van der Waals surface area (Å²) in [5.41, 5.74) is 3.13. The van der Waals surface area contributed by atoms with E-state index in [2.05, 4.69) is 4.98 Å². The maximum absolute atomic E-state index is 12.9. The van der Waals surface area contributed by atoms with Gasteiger partial charge in [0.25, 0.3) is 0 Å². The smallest absolute Gasteiger partial charge is 0.229 e. The summed E-state index contributed by atoms with van der Waals surface area (Å²) in [6.45, 7) is 6.30. The molecule has 2 atom stereocenters. The van der Waals surface area contributed by atoms with Crippen LogP contribution in [0.1, 0.15) is 54.7 Å². The van der Waals surface area contributed by atoms with Gasteiger partial charge in [0.15, 0.2) is 0 Å². The molecule has 28 heavy (non-hydrogen) atoms. The highest BCUT2D eigenvalue weighted by Gasteiger charge is 2.32. The van der Waals surface area contributed by atoms with Gasteiger partial charge in [-0.15, -0.1) is 0 Å². The molecule has 0 bridgehead atoms. The molecular weight excluding hydrogens is 352 g/mol. The molecule has 1 aromatic carbocycles. The molecule has 2 aromatic rings. The van der Waals surface area contributed by atoms with E-state index in [1.807, 2.05) is 53.3 Å². The van der Waals surface area contributed by atoms with Gasteiger partial charge in [-0.05, 0) is 18.9 Å². The summed E-state index contributed by atoms with van der Waals surface area (Å²) in [5, 5.41) is 0. The van der Waals surface area contributed by atoms with Gasteiger partial charge < -0.3 is 9.80 Å². The fraction of sp³-hybridized carbons (Fsp3) is 0.455. The predicted octanol–water partition coefficient (Wildman–Crippen LogP) is 2.50. The molecule has 146 valence electrons. The van der Waals surface area contributed by atoms with Crippen LogP contribution in [0.4, 0.5) is 0 Å². The van der Waals surface area contributed by atoms with Crippen LogP contribution in [0.3, 0.4) is 0 Å². The lowest BCUT2D eigenvalue weighted by atomic mass is 10.00. The van der Waals surface area contributed by atoms with Gasteiger partial charge in [0.1, 0.15) is 5.82 Å². The summed E-state index contributed by atoms with van der Waals surface area (Å²) in [6, 6.07) is 9.93. The molecule has 0 aliphatic carbocycles. The van der Waals surface area contributed by atoms with Gasteiger partial charge in [-0.1, -0.05) is 30.3 Å². The summed E-state index contributed by atoms with van der Waals surface area (Å²) in [7, 11) is 0. The van der Waals surface area contributed by atoms with E-state index in [1.54, 1.807) is 6.92 Å². The number of carbonyl (C=O) groups excluding carboxylic acids is 2. The fourth-order valence-electron chi connectivity index (χ4n) is 4.13. The minimum Gasteiger partial charge on any atom is -0.341 e. The summed E-state index contributed by atoms with van der Waals surface area (Å²) in [4.78, 5) is 37.6. The van der Waals surface area contributed by atoms with Gasteiger partial charge in [-0.3, -0.25) is 9.59 Å². The number of nitrogens with zero attached hydrogens (tertiary/aromatic N) is 4. The normalized spacial score (nSPS) is 20.0. The molecular formula is C22H26N4O2. The minimum atomic E-state index is -0.137. The van der Waals surface area contributed by atoms with Crippen LogP contribution < -0.4 is 0 Å². The molecule has 3 heterocycles. The fourth-order valence-corrected chi connectivity index (χ4v) is 4.13. The van der Waals surface area contributed by atoms with E-state index >= 15 is 0 Å². The van der Waals surface area contributed by atoms with Crippen LogP contribution >= 0.6 is 0 Å². The summed E-state index contributed by atoms with van der Waals surface area (Å²) >= 11 is 0. The molecule has 6 heteroatoms. The first kappa shape index (κ1) is 18.6. The second-order valence-electron chi connectivity index (χ2n) is 7.79. The van der Waals surface area contributed by atoms with Crippen molar-refractivity contribution in [3.8, 4) is 0 Å². The lowest BCUT2D eigenvalue weighted by Gasteiger charge is -2.27. The topological polar surface area (TPSA) is 66.4 Å². The number of fused-ring (bicyclic) bond motifs is 1. The molecule has 1 fully saturated rings. The van der Waals surface area contributed by atoms with Crippen LogP contribution in [0.15, 0.2) is 36.5 Å². The van der Waals surface area contributed by atoms with Crippen molar-refractivity contribution >= 4 is 11.8 Å². The molecule has 2 aliphatic rings. The van der Waals surface area contributed by atoms with Crippen molar-refractivity contribution in [3.63, 3.8) is 0 Å². The molecule has 1 aromatic heterocycles. The molecule has 1 saturated heterocycles. The Kier molecular flexibility index (Phi) is 5.11. The highest BCUT2D eigenvalue weighted by Crippen LogP contribution is 2.29. The second kappa shape index (κ2) is 7.70. The van der Waals surface area contributed by atoms with Crippen LogP contribution in [0.2, 0.25) is 0 Å². The van der Waals surface area contributed by atoms with E-state index in [0.717, 1.165) is 42.0 Å². The molecule has 0 radical (unpaired) electrons. The number of carbonyl (C=O) groups is 2. The van der Waals surface area contributed by atoms with Crippen LogP contribution in [0.5, 0.6) is 0 Å². The highest BCUT2D eigenvalue weighted by atomic mass is 16.2. The Hall–Kier alpha value is -2.76. The monoisotopic (exact) mass is 378 g/mol. The average Bonchev–Trinajstić information content (AvgIpc) is 3.22. The first-order chi connectivity index (χ1) is 13.5. The largest absolute Gasteiger partial charge is 0.341 e. The molecule has 2 amide bonds. The van der Waals surface area contributed by atoms with E-state index in [4.69, 9.17) is 4.98 Å². The third-order valence-electron chi connectivity index (χ3n) is 5.93. The standard InChI is InChI=1S/C22H26N4O2/c1-15(17-6-4-3-5-7-17)22(28)26-10-8-18(13-26)21-23-12-19-14-25(16(2)27)11-9-20(19)24-21/h3-7,12,15,18H,8-11,13-14H2,1-2H3/t15-,18+/m1/s1. The number of amides is 2. The molecule has 2 aliphatic heterocycles. The quantitative estimate of drug-likeness (QED) is 0.823. The van der Waals surface area contributed by atoms with Gasteiger partial charge in [0.05, 0.1) is 11.6 Å². The Bertz CT molecular complexity index is 883. The molecule has 0 unspecified atom stereocenters. The number of aromatic nitrogens is 2. The van der Waals surface area contributed by atoms with Gasteiger partial charge in [0, 0.05) is 57.2 Å². The minimum absolute atomic E-state index is 0.0900. The molecule has 0 saturated carbocycles. The van der Waals surface area contributed by atoms with Crippen molar-refractivity contribution in [2.24, 2.45) is 0 Å². The molecule has 0 spiro atoms. The zero-order valence-electron chi connectivity index (χ0n) is 16.5. The zero-order chi connectivity index (χ0) is 19.7. The van der Waals surface area contributed by atoms with Crippen LogP contribution in [-0.2, 0) is 22.6 Å². The van der Waals surface area contributed by atoms with Crippen LogP contribution in [0.25, 0.3) is 0 Å². The molecule has 0 N–H and O–H groups in total. The Morgan fingerprint density at radius 1 is 1.14 bits per heavy atom. The first-order valence-electron chi connectivity index (χ1n) is 9.97. The lowest BCUT2D eigenvalue weighted by Crippen LogP contribution is -2.35. The second-order valence-corrected chi connectivity index (χ2v) is 7.79. The average molecular weight is 378 g/mol. The lowest BCUT2D eigenvalue weighted by molar-refractivity contribution is -0.131. The number of benzene rings is 1.